The van der Waals surface area contributed by atoms with E-state index in [1.54, 1.807) is 10.7 Å². The molecule has 1 aliphatic heterocycles. The van der Waals surface area contributed by atoms with E-state index in [0.29, 0.717) is 5.56 Å². The summed E-state index contributed by atoms with van der Waals surface area (Å²) in [6.07, 6.45) is 4.57. The monoisotopic (exact) mass is 350 g/mol. The predicted octanol–water partition coefficient (Wildman–Crippen LogP) is 1.88. The number of fused-ring (bicyclic) bond motifs is 1. The molecule has 3 heterocycles. The number of nitrogens with zero attached hydrogens (tertiary/aromatic N) is 4. The minimum Gasteiger partial charge on any atom is -0.337 e. The molecule has 0 aromatic carbocycles. The van der Waals surface area contributed by atoms with Crippen LogP contribution in [0.25, 0.3) is 5.52 Å². The first-order valence-electron chi connectivity index (χ1n) is 7.29. The van der Waals surface area contributed by atoms with Gasteiger partial charge in [-0.05, 0) is 25.1 Å². The number of amides is 1. The molecule has 1 saturated heterocycles. The summed E-state index contributed by atoms with van der Waals surface area (Å²) in [4.78, 5) is 17.1. The van der Waals surface area contributed by atoms with E-state index in [1.807, 2.05) is 29.3 Å². The first-order chi connectivity index (χ1) is 10.3. The second-order valence-electron chi connectivity index (χ2n) is 5.27. The van der Waals surface area contributed by atoms with Gasteiger partial charge in [0.05, 0.1) is 17.3 Å². The number of carbonyl (C=O) groups excluding carboxylic acids is 1. The maximum atomic E-state index is 12.7. The zero-order valence-electron chi connectivity index (χ0n) is 11.9. The Morgan fingerprint density at radius 3 is 3.00 bits per heavy atom. The van der Waals surface area contributed by atoms with Crippen LogP contribution >= 0.6 is 15.9 Å². The molecule has 0 bridgehead atoms. The Balaban J connectivity index is 1.76. The second kappa shape index (κ2) is 6.58. The van der Waals surface area contributed by atoms with Crippen LogP contribution in [0, 0.1) is 0 Å². The van der Waals surface area contributed by atoms with Crippen LogP contribution in [0.4, 0.5) is 0 Å². The first kappa shape index (κ1) is 14.5. The fraction of sp³-hybridized carbons (Fsp3) is 0.467. The number of pyridine rings is 1. The molecule has 0 atom stereocenters. The van der Waals surface area contributed by atoms with Crippen molar-refractivity contribution in [3.05, 3.63) is 36.2 Å². The lowest BCUT2D eigenvalue weighted by molar-refractivity contribution is 0.0764. The van der Waals surface area contributed by atoms with Gasteiger partial charge in [-0.2, -0.15) is 5.10 Å². The Morgan fingerprint density at radius 1 is 1.24 bits per heavy atom. The molecule has 2 aromatic rings. The lowest BCUT2D eigenvalue weighted by Crippen LogP contribution is -2.35. The molecule has 2 aromatic heterocycles. The van der Waals surface area contributed by atoms with Gasteiger partial charge in [-0.25, -0.2) is 4.52 Å². The Labute approximate surface area is 132 Å². The topological polar surface area (TPSA) is 40.9 Å². The van der Waals surface area contributed by atoms with Gasteiger partial charge in [-0.3, -0.25) is 4.79 Å². The normalized spacial score (nSPS) is 17.1. The van der Waals surface area contributed by atoms with Gasteiger partial charge in [-0.15, -0.1) is 0 Å². The van der Waals surface area contributed by atoms with Crippen LogP contribution in [0.3, 0.4) is 0 Å². The third kappa shape index (κ3) is 3.11. The van der Waals surface area contributed by atoms with Crippen LogP contribution < -0.4 is 0 Å². The number of hydrogen-bond acceptors (Lipinski definition) is 3. The Morgan fingerprint density at radius 2 is 2.14 bits per heavy atom. The van der Waals surface area contributed by atoms with Gasteiger partial charge in [0.15, 0.2) is 0 Å². The van der Waals surface area contributed by atoms with Gasteiger partial charge in [0.1, 0.15) is 0 Å². The number of alkyl halides is 1. The minimum atomic E-state index is 0.0943. The van der Waals surface area contributed by atoms with Crippen molar-refractivity contribution >= 4 is 27.4 Å². The highest BCUT2D eigenvalue weighted by Gasteiger charge is 2.22. The second-order valence-corrected chi connectivity index (χ2v) is 6.06. The molecule has 0 unspecified atom stereocenters. The summed E-state index contributed by atoms with van der Waals surface area (Å²) in [5.41, 5.74) is 1.58. The minimum absolute atomic E-state index is 0.0943. The molecule has 5 nitrogen and oxygen atoms in total. The fourth-order valence-corrected chi connectivity index (χ4v) is 3.29. The van der Waals surface area contributed by atoms with Gasteiger partial charge in [0.2, 0.25) is 0 Å². The molecule has 1 fully saturated rings. The van der Waals surface area contributed by atoms with Gasteiger partial charge >= 0.3 is 0 Å². The van der Waals surface area contributed by atoms with Gasteiger partial charge in [0, 0.05) is 37.7 Å². The average Bonchev–Trinajstić information content (AvgIpc) is 2.80. The molecule has 6 heteroatoms. The Kier molecular flexibility index (Phi) is 4.55. The first-order valence-corrected chi connectivity index (χ1v) is 8.41. The van der Waals surface area contributed by atoms with Crippen LogP contribution in [0.15, 0.2) is 30.6 Å². The number of hydrogen-bond donors (Lipinski definition) is 0. The summed E-state index contributed by atoms with van der Waals surface area (Å²) < 4.78 is 1.75. The van der Waals surface area contributed by atoms with E-state index in [4.69, 9.17) is 0 Å². The van der Waals surface area contributed by atoms with E-state index in [9.17, 15) is 4.79 Å². The van der Waals surface area contributed by atoms with Crippen molar-refractivity contribution in [2.75, 3.05) is 38.1 Å². The quantitative estimate of drug-likeness (QED) is 0.793. The molecule has 1 amide bonds. The molecule has 1 aliphatic rings. The third-order valence-electron chi connectivity index (χ3n) is 3.93. The van der Waals surface area contributed by atoms with Crippen LogP contribution in [-0.4, -0.2) is 63.4 Å². The molecule has 0 radical (unpaired) electrons. The standard InChI is InChI=1S/C15H19BrN4O/c16-5-9-18-6-3-7-19(11-10-18)15(21)13-12-17-20-8-2-1-4-14(13)20/h1-2,4,8,12H,3,5-7,9-11H2. The molecule has 0 N–H and O–H groups in total. The largest absolute Gasteiger partial charge is 0.337 e. The summed E-state index contributed by atoms with van der Waals surface area (Å²) >= 11 is 3.48. The highest BCUT2D eigenvalue weighted by atomic mass is 79.9. The molecule has 3 rings (SSSR count). The van der Waals surface area contributed by atoms with E-state index >= 15 is 0 Å². The molecule has 0 spiro atoms. The van der Waals surface area contributed by atoms with Gasteiger partial charge in [-0.1, -0.05) is 22.0 Å². The molecule has 0 saturated carbocycles. The summed E-state index contributed by atoms with van der Waals surface area (Å²) in [5, 5.41) is 5.24. The summed E-state index contributed by atoms with van der Waals surface area (Å²) in [5.74, 6) is 0.0943. The van der Waals surface area contributed by atoms with Crippen LogP contribution in [0.2, 0.25) is 0 Å². The van der Waals surface area contributed by atoms with Crippen LogP contribution in [-0.2, 0) is 0 Å². The van der Waals surface area contributed by atoms with Gasteiger partial charge in [0.25, 0.3) is 5.91 Å². The van der Waals surface area contributed by atoms with Crippen LogP contribution in [0.5, 0.6) is 0 Å². The summed E-state index contributed by atoms with van der Waals surface area (Å²) in [6.45, 7) is 4.65. The number of halogens is 1. The maximum Gasteiger partial charge on any atom is 0.257 e. The lowest BCUT2D eigenvalue weighted by Gasteiger charge is -2.21. The SMILES string of the molecule is O=C(c1cnn2ccccc12)N1CCCN(CCBr)CC1. The molecular formula is C15H19BrN4O. The predicted molar refractivity (Wildman–Crippen MR) is 85.9 cm³/mol. The number of aromatic nitrogens is 2. The van der Waals surface area contributed by atoms with Crippen molar-refractivity contribution in [3.63, 3.8) is 0 Å². The van der Waals surface area contributed by atoms with E-state index in [0.717, 1.165) is 50.0 Å². The zero-order chi connectivity index (χ0) is 14.7. The van der Waals surface area contributed by atoms with Crippen LogP contribution in [0.1, 0.15) is 16.8 Å². The van der Waals surface area contributed by atoms with Crippen molar-refractivity contribution in [3.8, 4) is 0 Å². The smallest absolute Gasteiger partial charge is 0.257 e. The summed E-state index contributed by atoms with van der Waals surface area (Å²) in [6, 6.07) is 5.79. The van der Waals surface area contributed by atoms with E-state index in [1.165, 1.54) is 0 Å². The van der Waals surface area contributed by atoms with Gasteiger partial charge < -0.3 is 9.80 Å². The number of carbonyl (C=O) groups is 1. The molecule has 0 aliphatic carbocycles. The Bertz CT molecular complexity index is 627. The van der Waals surface area contributed by atoms with Crippen molar-refractivity contribution in [2.45, 2.75) is 6.42 Å². The fourth-order valence-electron chi connectivity index (χ4n) is 2.79. The molecule has 112 valence electrons. The average molecular weight is 351 g/mol. The highest BCUT2D eigenvalue weighted by molar-refractivity contribution is 9.09. The van der Waals surface area contributed by atoms with E-state index in [-0.39, 0.29) is 5.91 Å². The zero-order valence-corrected chi connectivity index (χ0v) is 13.5. The molecular weight excluding hydrogens is 332 g/mol. The highest BCUT2D eigenvalue weighted by Crippen LogP contribution is 2.14. The van der Waals surface area contributed by atoms with Crippen molar-refractivity contribution < 1.29 is 4.79 Å². The maximum absolute atomic E-state index is 12.7. The van der Waals surface area contributed by atoms with E-state index in [2.05, 4.69) is 25.9 Å². The number of rotatable bonds is 3. The Hall–Kier alpha value is -1.40. The van der Waals surface area contributed by atoms with E-state index < -0.39 is 0 Å². The van der Waals surface area contributed by atoms with Crippen molar-refractivity contribution in [2.24, 2.45) is 0 Å². The van der Waals surface area contributed by atoms with Crippen molar-refractivity contribution in [1.82, 2.24) is 19.4 Å². The molecule has 21 heavy (non-hydrogen) atoms. The third-order valence-corrected chi connectivity index (χ3v) is 4.29. The summed E-state index contributed by atoms with van der Waals surface area (Å²) in [7, 11) is 0. The van der Waals surface area contributed by atoms with Crippen molar-refractivity contribution in [1.29, 1.82) is 0 Å². The lowest BCUT2D eigenvalue weighted by atomic mass is 10.2.